The highest BCUT2D eigenvalue weighted by Crippen LogP contribution is 2.17. The number of imidazole rings is 1. The number of aromatic nitrogens is 4. The standard InChI is InChI=1S/C21H26N6O/c1-2-3-9-26-10-11-27-19(15-26)13-18(25-27)14-24-21(28)17-6-4-5-16(12-17)20-22-7-8-23-20/h4-8,12-13H,2-3,9-11,14-15H2,1H3,(H,22,23)(H,24,28). The average Bonchev–Trinajstić information content (AvgIpc) is 3.40. The summed E-state index contributed by atoms with van der Waals surface area (Å²) in [6, 6.07) is 9.57. The summed E-state index contributed by atoms with van der Waals surface area (Å²) in [5.41, 5.74) is 3.64. The molecule has 1 amide bonds. The van der Waals surface area contributed by atoms with Gasteiger partial charge in [-0.15, -0.1) is 0 Å². The number of amides is 1. The lowest BCUT2D eigenvalue weighted by atomic mass is 10.1. The maximum Gasteiger partial charge on any atom is 0.251 e. The number of H-pyrrole nitrogens is 1. The normalized spacial score (nSPS) is 14.0. The van der Waals surface area contributed by atoms with Crippen molar-refractivity contribution in [3.05, 3.63) is 59.7 Å². The monoisotopic (exact) mass is 378 g/mol. The number of hydrogen-bond acceptors (Lipinski definition) is 4. The first-order chi connectivity index (χ1) is 13.7. The third-order valence-electron chi connectivity index (χ3n) is 5.08. The van der Waals surface area contributed by atoms with Gasteiger partial charge < -0.3 is 10.3 Å². The van der Waals surface area contributed by atoms with Crippen LogP contribution in [0.5, 0.6) is 0 Å². The molecule has 0 unspecified atom stereocenters. The van der Waals surface area contributed by atoms with Crippen molar-refractivity contribution in [1.82, 2.24) is 30.0 Å². The Bertz CT molecular complexity index is 930. The SMILES string of the molecule is CCCCN1CCn2nc(CNC(=O)c3cccc(-c4ncc[nH]4)c3)cc2C1. The highest BCUT2D eigenvalue weighted by Gasteiger charge is 2.18. The Labute approximate surface area is 164 Å². The summed E-state index contributed by atoms with van der Waals surface area (Å²) in [4.78, 5) is 22.3. The van der Waals surface area contributed by atoms with E-state index in [9.17, 15) is 4.79 Å². The second-order valence-corrected chi connectivity index (χ2v) is 7.18. The van der Waals surface area contributed by atoms with Gasteiger partial charge in [-0.1, -0.05) is 25.5 Å². The van der Waals surface area contributed by atoms with Gasteiger partial charge in [0.05, 0.1) is 24.5 Å². The first-order valence-electron chi connectivity index (χ1n) is 9.89. The molecule has 0 spiro atoms. The summed E-state index contributed by atoms with van der Waals surface area (Å²) >= 11 is 0. The predicted molar refractivity (Wildman–Crippen MR) is 108 cm³/mol. The van der Waals surface area contributed by atoms with Gasteiger partial charge in [0.25, 0.3) is 5.91 Å². The lowest BCUT2D eigenvalue weighted by molar-refractivity contribution is 0.0950. The number of rotatable bonds is 7. The molecule has 7 nitrogen and oxygen atoms in total. The van der Waals surface area contributed by atoms with E-state index in [2.05, 4.69) is 43.0 Å². The van der Waals surface area contributed by atoms with E-state index in [1.165, 1.54) is 18.5 Å². The Morgan fingerprint density at radius 2 is 2.21 bits per heavy atom. The molecule has 0 saturated carbocycles. The lowest BCUT2D eigenvalue weighted by Gasteiger charge is -2.27. The van der Waals surface area contributed by atoms with Crippen LogP contribution in [0.4, 0.5) is 0 Å². The number of carbonyl (C=O) groups is 1. The highest BCUT2D eigenvalue weighted by molar-refractivity contribution is 5.95. The van der Waals surface area contributed by atoms with Crippen LogP contribution in [0.3, 0.4) is 0 Å². The topological polar surface area (TPSA) is 78.8 Å². The molecule has 3 aromatic rings. The summed E-state index contributed by atoms with van der Waals surface area (Å²) in [6.07, 6.45) is 5.92. The van der Waals surface area contributed by atoms with Crippen molar-refractivity contribution in [2.45, 2.75) is 39.4 Å². The number of nitrogens with zero attached hydrogens (tertiary/aromatic N) is 4. The Morgan fingerprint density at radius 3 is 3.04 bits per heavy atom. The van der Waals surface area contributed by atoms with Gasteiger partial charge in [-0.05, 0) is 31.2 Å². The minimum Gasteiger partial charge on any atom is -0.346 e. The van der Waals surface area contributed by atoms with E-state index in [1.54, 1.807) is 12.4 Å². The number of hydrogen-bond donors (Lipinski definition) is 2. The Morgan fingerprint density at radius 1 is 1.29 bits per heavy atom. The quantitative estimate of drug-likeness (QED) is 0.663. The molecule has 0 aliphatic carbocycles. The van der Waals surface area contributed by atoms with E-state index in [-0.39, 0.29) is 5.91 Å². The molecule has 0 bridgehead atoms. The van der Waals surface area contributed by atoms with Crippen molar-refractivity contribution in [2.75, 3.05) is 13.1 Å². The molecule has 4 rings (SSSR count). The van der Waals surface area contributed by atoms with E-state index in [1.807, 2.05) is 24.3 Å². The molecule has 7 heteroatoms. The molecule has 1 aliphatic heterocycles. The summed E-state index contributed by atoms with van der Waals surface area (Å²) in [6.45, 7) is 6.68. The zero-order valence-corrected chi connectivity index (χ0v) is 16.2. The van der Waals surface area contributed by atoms with E-state index in [0.29, 0.717) is 12.1 Å². The van der Waals surface area contributed by atoms with Gasteiger partial charge in [-0.3, -0.25) is 14.4 Å². The molecule has 3 heterocycles. The minimum absolute atomic E-state index is 0.107. The number of fused-ring (bicyclic) bond motifs is 1. The minimum atomic E-state index is -0.107. The fraction of sp³-hybridized carbons (Fsp3) is 0.381. The van der Waals surface area contributed by atoms with Gasteiger partial charge in [0.15, 0.2) is 0 Å². The fourth-order valence-corrected chi connectivity index (χ4v) is 3.54. The fourth-order valence-electron chi connectivity index (χ4n) is 3.54. The number of unbranched alkanes of at least 4 members (excludes halogenated alkanes) is 1. The molecule has 0 atom stereocenters. The number of aromatic amines is 1. The number of carbonyl (C=O) groups excluding carboxylic acids is 1. The van der Waals surface area contributed by atoms with Crippen molar-refractivity contribution in [3.63, 3.8) is 0 Å². The zero-order chi connectivity index (χ0) is 19.3. The summed E-state index contributed by atoms with van der Waals surface area (Å²) in [5, 5.41) is 7.63. The first kappa shape index (κ1) is 18.4. The van der Waals surface area contributed by atoms with Crippen molar-refractivity contribution < 1.29 is 4.79 Å². The molecule has 28 heavy (non-hydrogen) atoms. The number of benzene rings is 1. The van der Waals surface area contributed by atoms with E-state index >= 15 is 0 Å². The van der Waals surface area contributed by atoms with Crippen molar-refractivity contribution in [1.29, 1.82) is 0 Å². The Balaban J connectivity index is 1.37. The third kappa shape index (κ3) is 4.14. The van der Waals surface area contributed by atoms with Gasteiger partial charge in [-0.2, -0.15) is 5.10 Å². The van der Waals surface area contributed by atoms with Crippen molar-refractivity contribution >= 4 is 5.91 Å². The average molecular weight is 378 g/mol. The molecule has 1 aliphatic rings. The van der Waals surface area contributed by atoms with Gasteiger partial charge in [-0.25, -0.2) is 4.98 Å². The van der Waals surface area contributed by atoms with E-state index in [4.69, 9.17) is 0 Å². The van der Waals surface area contributed by atoms with Crippen LogP contribution in [0.2, 0.25) is 0 Å². The van der Waals surface area contributed by atoms with E-state index in [0.717, 1.165) is 43.3 Å². The Kier molecular flexibility index (Phi) is 5.53. The van der Waals surface area contributed by atoms with Crippen LogP contribution in [0.25, 0.3) is 11.4 Å². The maximum absolute atomic E-state index is 12.6. The van der Waals surface area contributed by atoms with E-state index < -0.39 is 0 Å². The van der Waals surface area contributed by atoms with Crippen LogP contribution in [-0.4, -0.2) is 43.6 Å². The predicted octanol–water partition coefficient (Wildman–Crippen LogP) is 2.82. The second-order valence-electron chi connectivity index (χ2n) is 7.18. The third-order valence-corrected chi connectivity index (χ3v) is 5.08. The molecular weight excluding hydrogens is 352 g/mol. The van der Waals surface area contributed by atoms with Crippen molar-refractivity contribution in [2.24, 2.45) is 0 Å². The largest absolute Gasteiger partial charge is 0.346 e. The summed E-state index contributed by atoms with van der Waals surface area (Å²) in [7, 11) is 0. The van der Waals surface area contributed by atoms with Crippen LogP contribution < -0.4 is 5.32 Å². The molecule has 0 fully saturated rings. The van der Waals surface area contributed by atoms with Crippen LogP contribution in [0, 0.1) is 0 Å². The van der Waals surface area contributed by atoms with Gasteiger partial charge in [0.1, 0.15) is 5.82 Å². The highest BCUT2D eigenvalue weighted by atomic mass is 16.1. The zero-order valence-electron chi connectivity index (χ0n) is 16.2. The summed E-state index contributed by atoms with van der Waals surface area (Å²) in [5.74, 6) is 0.646. The van der Waals surface area contributed by atoms with Gasteiger partial charge >= 0.3 is 0 Å². The van der Waals surface area contributed by atoms with Crippen molar-refractivity contribution in [3.8, 4) is 11.4 Å². The van der Waals surface area contributed by atoms with Crippen LogP contribution in [0.1, 0.15) is 41.5 Å². The lowest BCUT2D eigenvalue weighted by Crippen LogP contribution is -2.34. The molecule has 0 saturated heterocycles. The van der Waals surface area contributed by atoms with Crippen LogP contribution >= 0.6 is 0 Å². The van der Waals surface area contributed by atoms with Gasteiger partial charge in [0.2, 0.25) is 0 Å². The first-order valence-corrected chi connectivity index (χ1v) is 9.89. The maximum atomic E-state index is 12.6. The molecular formula is C21H26N6O. The molecule has 0 radical (unpaired) electrons. The van der Waals surface area contributed by atoms with Crippen LogP contribution in [0.15, 0.2) is 42.7 Å². The second kappa shape index (κ2) is 8.39. The Hall–Kier alpha value is -2.93. The molecule has 2 N–H and O–H groups in total. The van der Waals surface area contributed by atoms with Gasteiger partial charge in [0, 0.05) is 36.6 Å². The summed E-state index contributed by atoms with van der Waals surface area (Å²) < 4.78 is 2.07. The number of nitrogens with one attached hydrogen (secondary N) is 2. The molecule has 1 aromatic carbocycles. The van der Waals surface area contributed by atoms with Crippen LogP contribution in [-0.2, 0) is 19.6 Å². The molecule has 2 aromatic heterocycles. The molecule has 146 valence electrons. The smallest absolute Gasteiger partial charge is 0.251 e.